The third kappa shape index (κ3) is 3.13. The molecule has 100 valence electrons. The average molecular weight is 362 g/mol. The van der Waals surface area contributed by atoms with Crippen molar-refractivity contribution in [2.45, 2.75) is 18.7 Å². The lowest BCUT2D eigenvalue weighted by Gasteiger charge is -2.18. The topological polar surface area (TPSA) is 0 Å². The van der Waals surface area contributed by atoms with E-state index in [1.54, 1.807) is 12.1 Å². The van der Waals surface area contributed by atoms with Crippen LogP contribution < -0.4 is 0 Å². The number of halogens is 4. The van der Waals surface area contributed by atoms with E-state index in [1.807, 2.05) is 19.9 Å². The van der Waals surface area contributed by atoms with Crippen molar-refractivity contribution in [3.8, 4) is 0 Å². The molecule has 1 atom stereocenters. The molecule has 0 spiro atoms. The van der Waals surface area contributed by atoms with Crippen LogP contribution in [-0.2, 0) is 0 Å². The molecule has 2 rings (SSSR count). The third-order valence-corrected chi connectivity index (χ3v) is 4.56. The van der Waals surface area contributed by atoms with Gasteiger partial charge in [0, 0.05) is 10.0 Å². The summed E-state index contributed by atoms with van der Waals surface area (Å²) in [6.07, 6.45) is 0. The maximum Gasteiger partial charge on any atom is 0.123 e. The molecule has 2 aromatic carbocycles. The molecule has 0 nitrogen and oxygen atoms in total. The highest BCUT2D eigenvalue weighted by Gasteiger charge is 2.18. The van der Waals surface area contributed by atoms with Crippen LogP contribution >= 0.6 is 39.1 Å². The first-order valence-corrected chi connectivity index (χ1v) is 7.43. The molecule has 0 aliphatic heterocycles. The fourth-order valence-corrected chi connectivity index (χ4v) is 3.95. The largest absolute Gasteiger partial charge is 0.207 e. The zero-order chi connectivity index (χ0) is 14.2. The first-order valence-electron chi connectivity index (χ1n) is 5.76. The van der Waals surface area contributed by atoms with Crippen molar-refractivity contribution in [2.24, 2.45) is 0 Å². The molecule has 0 amide bonds. The highest BCUT2D eigenvalue weighted by molar-refractivity contribution is 9.09. The Morgan fingerprint density at radius 2 is 1.63 bits per heavy atom. The standard InChI is InChI=1S/C15H12BrCl2F/c1-8-5-11(19)6-9(2)14(8)15(16)12-4-3-10(17)7-13(12)18/h3-7,15H,1-2H3. The van der Waals surface area contributed by atoms with Crippen LogP contribution in [0.4, 0.5) is 4.39 Å². The van der Waals surface area contributed by atoms with Gasteiger partial charge in [0.05, 0.1) is 4.83 Å². The van der Waals surface area contributed by atoms with E-state index in [-0.39, 0.29) is 10.6 Å². The Morgan fingerprint density at radius 1 is 1.05 bits per heavy atom. The van der Waals surface area contributed by atoms with Crippen molar-refractivity contribution in [3.05, 3.63) is 68.4 Å². The van der Waals surface area contributed by atoms with Crippen LogP contribution in [0.25, 0.3) is 0 Å². The molecule has 0 bridgehead atoms. The highest BCUT2D eigenvalue weighted by atomic mass is 79.9. The van der Waals surface area contributed by atoms with Crippen LogP contribution in [0, 0.1) is 19.7 Å². The van der Waals surface area contributed by atoms with Crippen LogP contribution in [0.2, 0.25) is 10.0 Å². The molecular weight excluding hydrogens is 350 g/mol. The molecule has 0 heterocycles. The fraction of sp³-hybridized carbons (Fsp3) is 0.200. The van der Waals surface area contributed by atoms with Crippen molar-refractivity contribution in [3.63, 3.8) is 0 Å². The monoisotopic (exact) mass is 360 g/mol. The van der Waals surface area contributed by atoms with Crippen molar-refractivity contribution >= 4 is 39.1 Å². The molecule has 0 saturated carbocycles. The Hall–Kier alpha value is -0.570. The second-order valence-electron chi connectivity index (χ2n) is 4.48. The first-order chi connectivity index (χ1) is 8.90. The average Bonchev–Trinajstić information content (AvgIpc) is 2.26. The summed E-state index contributed by atoms with van der Waals surface area (Å²) in [5.74, 6) is -0.222. The molecule has 0 aliphatic rings. The van der Waals surface area contributed by atoms with Gasteiger partial charge in [-0.2, -0.15) is 0 Å². The SMILES string of the molecule is Cc1cc(F)cc(C)c1C(Br)c1ccc(Cl)cc1Cl. The van der Waals surface area contributed by atoms with E-state index in [2.05, 4.69) is 15.9 Å². The first kappa shape index (κ1) is 14.8. The molecule has 0 fully saturated rings. The summed E-state index contributed by atoms with van der Waals surface area (Å²) >= 11 is 15.8. The van der Waals surface area contributed by atoms with Gasteiger partial charge in [-0.15, -0.1) is 0 Å². The third-order valence-electron chi connectivity index (χ3n) is 3.05. The minimum Gasteiger partial charge on any atom is -0.207 e. The van der Waals surface area contributed by atoms with Crippen LogP contribution in [0.5, 0.6) is 0 Å². The number of alkyl halides is 1. The second-order valence-corrected chi connectivity index (χ2v) is 6.24. The molecular formula is C15H12BrCl2F. The van der Waals surface area contributed by atoms with Crippen molar-refractivity contribution in [1.82, 2.24) is 0 Å². The number of rotatable bonds is 2. The van der Waals surface area contributed by atoms with E-state index >= 15 is 0 Å². The molecule has 0 aromatic heterocycles. The van der Waals surface area contributed by atoms with Gasteiger partial charge in [-0.3, -0.25) is 0 Å². The predicted molar refractivity (Wildman–Crippen MR) is 83.1 cm³/mol. The summed E-state index contributed by atoms with van der Waals surface area (Å²) in [6.45, 7) is 3.78. The van der Waals surface area contributed by atoms with Gasteiger partial charge in [0.25, 0.3) is 0 Å². The molecule has 1 unspecified atom stereocenters. The maximum absolute atomic E-state index is 13.3. The van der Waals surface area contributed by atoms with Crippen LogP contribution in [-0.4, -0.2) is 0 Å². The second kappa shape index (κ2) is 5.82. The van der Waals surface area contributed by atoms with E-state index in [4.69, 9.17) is 23.2 Å². The Bertz CT molecular complexity index is 603. The molecule has 0 aliphatic carbocycles. The lowest BCUT2D eigenvalue weighted by atomic mass is 9.96. The highest BCUT2D eigenvalue weighted by Crippen LogP contribution is 2.39. The Balaban J connectivity index is 2.53. The predicted octanol–water partition coefficient (Wildman–Crippen LogP) is 6.23. The quantitative estimate of drug-likeness (QED) is 0.556. The zero-order valence-electron chi connectivity index (χ0n) is 10.5. The number of hydrogen-bond acceptors (Lipinski definition) is 0. The van der Waals surface area contributed by atoms with Crippen molar-refractivity contribution in [1.29, 1.82) is 0 Å². The molecule has 4 heteroatoms. The normalized spacial score (nSPS) is 12.5. The Labute approximate surface area is 130 Å². The van der Waals surface area contributed by atoms with Crippen LogP contribution in [0.3, 0.4) is 0 Å². The number of hydrogen-bond donors (Lipinski definition) is 0. The number of benzene rings is 2. The lowest BCUT2D eigenvalue weighted by Crippen LogP contribution is -2.01. The Kier molecular flexibility index (Phi) is 4.54. The maximum atomic E-state index is 13.3. The zero-order valence-corrected chi connectivity index (χ0v) is 13.6. The van der Waals surface area contributed by atoms with Crippen molar-refractivity contribution in [2.75, 3.05) is 0 Å². The fourth-order valence-electron chi connectivity index (χ4n) is 2.18. The van der Waals surface area contributed by atoms with Gasteiger partial charge in [-0.25, -0.2) is 4.39 Å². The Morgan fingerprint density at radius 3 is 2.16 bits per heavy atom. The van der Waals surface area contributed by atoms with Gasteiger partial charge in [-0.05, 0) is 60.4 Å². The van der Waals surface area contributed by atoms with Gasteiger partial charge in [0.1, 0.15) is 5.82 Å². The summed E-state index contributed by atoms with van der Waals surface area (Å²) in [4.78, 5) is -0.0853. The summed E-state index contributed by atoms with van der Waals surface area (Å²) in [5, 5.41) is 1.19. The van der Waals surface area contributed by atoms with Gasteiger partial charge in [-0.1, -0.05) is 45.2 Å². The summed E-state index contributed by atoms with van der Waals surface area (Å²) in [5.41, 5.74) is 3.74. The van der Waals surface area contributed by atoms with E-state index in [1.165, 1.54) is 12.1 Å². The number of aryl methyl sites for hydroxylation is 2. The molecule has 0 N–H and O–H groups in total. The summed E-state index contributed by atoms with van der Waals surface area (Å²) in [7, 11) is 0. The van der Waals surface area contributed by atoms with E-state index in [0.717, 1.165) is 22.3 Å². The minimum absolute atomic E-state index is 0.0853. The summed E-state index contributed by atoms with van der Waals surface area (Å²) < 4.78 is 13.3. The summed E-state index contributed by atoms with van der Waals surface area (Å²) in [6, 6.07) is 8.44. The van der Waals surface area contributed by atoms with E-state index < -0.39 is 0 Å². The van der Waals surface area contributed by atoms with E-state index in [0.29, 0.717) is 10.0 Å². The molecule has 19 heavy (non-hydrogen) atoms. The molecule has 0 saturated heterocycles. The van der Waals surface area contributed by atoms with Crippen molar-refractivity contribution < 1.29 is 4.39 Å². The minimum atomic E-state index is -0.222. The van der Waals surface area contributed by atoms with Crippen LogP contribution in [0.1, 0.15) is 27.1 Å². The lowest BCUT2D eigenvalue weighted by molar-refractivity contribution is 0.624. The van der Waals surface area contributed by atoms with Gasteiger partial charge >= 0.3 is 0 Å². The molecule has 2 aromatic rings. The van der Waals surface area contributed by atoms with Gasteiger partial charge in [0.15, 0.2) is 0 Å². The van der Waals surface area contributed by atoms with Gasteiger partial charge < -0.3 is 0 Å². The molecule has 0 radical (unpaired) electrons. The smallest absolute Gasteiger partial charge is 0.123 e. The van der Waals surface area contributed by atoms with E-state index in [9.17, 15) is 4.39 Å². The van der Waals surface area contributed by atoms with Gasteiger partial charge in [0.2, 0.25) is 0 Å². The van der Waals surface area contributed by atoms with Crippen LogP contribution in [0.15, 0.2) is 30.3 Å².